The number of benzene rings is 1. The van der Waals surface area contributed by atoms with E-state index in [2.05, 4.69) is 20.3 Å². The van der Waals surface area contributed by atoms with Gasteiger partial charge in [0.15, 0.2) is 0 Å². The van der Waals surface area contributed by atoms with Crippen LogP contribution in [0.15, 0.2) is 36.7 Å². The highest BCUT2D eigenvalue weighted by atomic mass is 16.5. The summed E-state index contributed by atoms with van der Waals surface area (Å²) < 4.78 is 6.63. The van der Waals surface area contributed by atoms with Crippen LogP contribution in [0.2, 0.25) is 0 Å². The van der Waals surface area contributed by atoms with Crippen molar-refractivity contribution in [2.75, 3.05) is 19.5 Å². The molecule has 3 aromatic heterocycles. The molecule has 8 nitrogen and oxygen atoms in total. The summed E-state index contributed by atoms with van der Waals surface area (Å²) in [5.74, 6) is 0.411. The number of nitrogens with zero attached hydrogens (tertiary/aromatic N) is 4. The fourth-order valence-electron chi connectivity index (χ4n) is 2.96. The van der Waals surface area contributed by atoms with Crippen molar-refractivity contribution in [3.8, 4) is 11.3 Å². The molecular formula is C17H18N6O2. The maximum absolute atomic E-state index is 9.91. The predicted octanol–water partition coefficient (Wildman–Crippen LogP) is 1.56. The van der Waals surface area contributed by atoms with E-state index in [1.165, 1.54) is 0 Å². The zero-order valence-electron chi connectivity index (χ0n) is 13.7. The van der Waals surface area contributed by atoms with Crippen LogP contribution < -0.4 is 5.73 Å². The molecule has 0 aliphatic heterocycles. The molecule has 128 valence electrons. The van der Waals surface area contributed by atoms with Gasteiger partial charge in [0.1, 0.15) is 11.3 Å². The number of aromatic nitrogens is 5. The van der Waals surface area contributed by atoms with E-state index in [9.17, 15) is 5.11 Å². The van der Waals surface area contributed by atoms with Gasteiger partial charge in [0, 0.05) is 30.5 Å². The lowest BCUT2D eigenvalue weighted by molar-refractivity contribution is 0.0515. The Morgan fingerprint density at radius 2 is 2.20 bits per heavy atom. The highest BCUT2D eigenvalue weighted by molar-refractivity contribution is 6.08. The lowest BCUT2D eigenvalue weighted by Gasteiger charge is -2.08. The third-order valence-corrected chi connectivity index (χ3v) is 4.08. The Morgan fingerprint density at radius 1 is 1.32 bits per heavy atom. The van der Waals surface area contributed by atoms with Crippen molar-refractivity contribution in [1.29, 1.82) is 0 Å². The van der Waals surface area contributed by atoms with E-state index in [0.717, 1.165) is 33.1 Å². The average Bonchev–Trinajstić information content (AvgIpc) is 3.24. The van der Waals surface area contributed by atoms with Crippen molar-refractivity contribution in [3.05, 3.63) is 36.7 Å². The van der Waals surface area contributed by atoms with Gasteiger partial charge < -0.3 is 15.6 Å². The average molecular weight is 338 g/mol. The van der Waals surface area contributed by atoms with Gasteiger partial charge in [-0.25, -0.2) is 4.98 Å². The molecule has 0 saturated carbocycles. The number of fused-ring (bicyclic) bond motifs is 3. The first-order valence-corrected chi connectivity index (χ1v) is 7.89. The van der Waals surface area contributed by atoms with Crippen molar-refractivity contribution in [3.63, 3.8) is 0 Å². The number of nitrogen functional groups attached to an aromatic ring is 1. The van der Waals surface area contributed by atoms with Gasteiger partial charge in [-0.3, -0.25) is 9.78 Å². The Kier molecular flexibility index (Phi) is 3.83. The summed E-state index contributed by atoms with van der Waals surface area (Å²) in [6.45, 7) is 0.576. The molecule has 0 radical (unpaired) electrons. The van der Waals surface area contributed by atoms with Crippen LogP contribution in [0.3, 0.4) is 0 Å². The van der Waals surface area contributed by atoms with Crippen molar-refractivity contribution in [1.82, 2.24) is 25.0 Å². The molecule has 8 heteroatoms. The Hall–Kier alpha value is -2.97. The highest BCUT2D eigenvalue weighted by Gasteiger charge is 2.14. The summed E-state index contributed by atoms with van der Waals surface area (Å²) in [6.07, 6.45) is 2.95. The molecule has 0 aliphatic carbocycles. The second-order valence-electron chi connectivity index (χ2n) is 5.91. The first kappa shape index (κ1) is 15.6. The number of aliphatic hydroxyl groups excluding tert-OH is 1. The zero-order chi connectivity index (χ0) is 17.4. The van der Waals surface area contributed by atoms with Crippen molar-refractivity contribution in [2.24, 2.45) is 0 Å². The molecule has 4 N–H and O–H groups in total. The van der Waals surface area contributed by atoms with E-state index < -0.39 is 6.10 Å². The third kappa shape index (κ3) is 2.81. The van der Waals surface area contributed by atoms with Crippen LogP contribution in [0.1, 0.15) is 0 Å². The summed E-state index contributed by atoms with van der Waals surface area (Å²) in [5.41, 5.74) is 9.44. The molecule has 0 saturated heterocycles. The van der Waals surface area contributed by atoms with Crippen LogP contribution in [-0.2, 0) is 11.3 Å². The van der Waals surface area contributed by atoms with Gasteiger partial charge in [0.05, 0.1) is 35.9 Å². The maximum Gasteiger partial charge on any atom is 0.135 e. The van der Waals surface area contributed by atoms with E-state index in [4.69, 9.17) is 10.5 Å². The third-order valence-electron chi connectivity index (χ3n) is 4.08. The molecule has 0 spiro atoms. The fraction of sp³-hybridized carbons (Fsp3) is 0.235. The second-order valence-corrected chi connectivity index (χ2v) is 5.91. The minimum absolute atomic E-state index is 0.248. The molecule has 0 amide bonds. The predicted molar refractivity (Wildman–Crippen MR) is 94.9 cm³/mol. The molecule has 1 atom stereocenters. The van der Waals surface area contributed by atoms with E-state index >= 15 is 0 Å². The van der Waals surface area contributed by atoms with Crippen molar-refractivity contribution < 1.29 is 9.84 Å². The Bertz CT molecular complexity index is 1020. The SMILES string of the molecule is COC[C@H](O)Cn1cc2c(N)nc3cc(-c4cc[nH]n4)ccc3c2n1. The standard InChI is InChI=1S/C17H18N6O2/c1-25-9-11(24)7-23-8-13-16(22-23)12-3-2-10(14-4-5-19-21-14)6-15(12)20-17(13)18/h2-6,8,11,24H,7,9H2,1H3,(H2,18,20)(H,19,21)/t11-/m1/s1. The number of methoxy groups -OCH3 is 1. The molecule has 4 aromatic rings. The monoisotopic (exact) mass is 338 g/mol. The summed E-state index contributed by atoms with van der Waals surface area (Å²) in [5, 5.41) is 23.2. The van der Waals surface area contributed by atoms with Gasteiger partial charge in [0.2, 0.25) is 0 Å². The summed E-state index contributed by atoms with van der Waals surface area (Å²) in [7, 11) is 1.55. The largest absolute Gasteiger partial charge is 0.389 e. The summed E-state index contributed by atoms with van der Waals surface area (Å²) in [4.78, 5) is 4.50. The van der Waals surface area contributed by atoms with E-state index in [-0.39, 0.29) is 6.61 Å². The van der Waals surface area contributed by atoms with Gasteiger partial charge >= 0.3 is 0 Å². The lowest BCUT2D eigenvalue weighted by Crippen LogP contribution is -2.21. The number of nitrogens with two attached hydrogens (primary N) is 1. The van der Waals surface area contributed by atoms with Gasteiger partial charge in [-0.2, -0.15) is 10.2 Å². The summed E-state index contributed by atoms with van der Waals surface area (Å²) >= 11 is 0. The van der Waals surface area contributed by atoms with Crippen LogP contribution in [0.5, 0.6) is 0 Å². The smallest absolute Gasteiger partial charge is 0.135 e. The fourth-order valence-corrected chi connectivity index (χ4v) is 2.96. The van der Waals surface area contributed by atoms with Crippen LogP contribution in [0.4, 0.5) is 5.82 Å². The van der Waals surface area contributed by atoms with Gasteiger partial charge in [-0.05, 0) is 18.2 Å². The van der Waals surface area contributed by atoms with Gasteiger partial charge in [0.25, 0.3) is 0 Å². The van der Waals surface area contributed by atoms with Crippen molar-refractivity contribution in [2.45, 2.75) is 12.6 Å². The quantitative estimate of drug-likeness (QED) is 0.509. The van der Waals surface area contributed by atoms with Crippen LogP contribution in [0, 0.1) is 0 Å². The Labute approximate surface area is 143 Å². The van der Waals surface area contributed by atoms with Crippen molar-refractivity contribution >= 4 is 27.6 Å². The Morgan fingerprint density at radius 3 is 2.96 bits per heavy atom. The van der Waals surface area contributed by atoms with E-state index in [1.54, 1.807) is 24.2 Å². The zero-order valence-corrected chi connectivity index (χ0v) is 13.7. The number of aliphatic hydroxyl groups is 1. The molecule has 1 aromatic carbocycles. The topological polar surface area (TPSA) is 115 Å². The number of rotatable bonds is 5. The minimum atomic E-state index is -0.633. The normalized spacial score (nSPS) is 12.9. The number of aromatic amines is 1. The molecule has 0 fully saturated rings. The lowest BCUT2D eigenvalue weighted by atomic mass is 10.1. The molecule has 0 bridgehead atoms. The molecule has 25 heavy (non-hydrogen) atoms. The molecule has 3 heterocycles. The van der Waals surface area contributed by atoms with Crippen LogP contribution >= 0.6 is 0 Å². The van der Waals surface area contributed by atoms with E-state index in [0.29, 0.717) is 12.4 Å². The minimum Gasteiger partial charge on any atom is -0.389 e. The molecule has 0 unspecified atom stereocenters. The number of anilines is 1. The number of pyridine rings is 1. The molecule has 0 aliphatic rings. The van der Waals surface area contributed by atoms with Gasteiger partial charge in [-0.15, -0.1) is 0 Å². The summed E-state index contributed by atoms with van der Waals surface area (Å²) in [6, 6.07) is 7.79. The highest BCUT2D eigenvalue weighted by Crippen LogP contribution is 2.29. The van der Waals surface area contributed by atoms with Crippen LogP contribution in [-0.4, -0.2) is 49.9 Å². The molecule has 4 rings (SSSR count). The Balaban J connectivity index is 1.81. The maximum atomic E-state index is 9.91. The van der Waals surface area contributed by atoms with E-state index in [1.807, 2.05) is 24.3 Å². The number of hydrogen-bond acceptors (Lipinski definition) is 6. The first-order chi connectivity index (χ1) is 12.2. The number of nitrogens with one attached hydrogen (secondary N) is 1. The molecular weight excluding hydrogens is 320 g/mol. The number of ether oxygens (including phenoxy) is 1. The van der Waals surface area contributed by atoms with Gasteiger partial charge in [-0.1, -0.05) is 6.07 Å². The number of hydrogen-bond donors (Lipinski definition) is 3. The first-order valence-electron chi connectivity index (χ1n) is 7.89. The second kappa shape index (κ2) is 6.15. The number of H-pyrrole nitrogens is 1. The van der Waals surface area contributed by atoms with Crippen LogP contribution in [0.25, 0.3) is 33.1 Å².